The molecule has 0 aliphatic carbocycles. The number of rotatable bonds is 2. The second-order valence-electron chi connectivity index (χ2n) is 4.86. The minimum Gasteiger partial charge on any atom is -0.497 e. The van der Waals surface area contributed by atoms with E-state index in [4.69, 9.17) is 4.74 Å². The third kappa shape index (κ3) is 1.92. The van der Waals surface area contributed by atoms with E-state index in [9.17, 15) is 0 Å². The van der Waals surface area contributed by atoms with E-state index >= 15 is 0 Å². The zero-order valence-corrected chi connectivity index (χ0v) is 11.5. The van der Waals surface area contributed by atoms with Gasteiger partial charge < -0.3 is 4.74 Å². The van der Waals surface area contributed by atoms with E-state index in [1.165, 1.54) is 0 Å². The lowest BCUT2D eigenvalue weighted by Crippen LogP contribution is -1.89. The highest BCUT2D eigenvalue weighted by molar-refractivity contribution is 5.95. The topological polar surface area (TPSA) is 39.4 Å². The van der Waals surface area contributed by atoms with Gasteiger partial charge in [-0.15, -0.1) is 0 Å². The van der Waals surface area contributed by atoms with Crippen molar-refractivity contribution in [2.75, 3.05) is 7.11 Å². The Bertz CT molecular complexity index is 943. The monoisotopic (exact) mass is 275 g/mol. The minimum absolute atomic E-state index is 0.835. The van der Waals surface area contributed by atoms with Crippen LogP contribution in [0.2, 0.25) is 0 Å². The van der Waals surface area contributed by atoms with Crippen molar-refractivity contribution in [1.29, 1.82) is 0 Å². The number of nitrogens with zero attached hydrogens (tertiary/aromatic N) is 3. The highest BCUT2D eigenvalue weighted by Gasteiger charge is 2.07. The van der Waals surface area contributed by atoms with Crippen molar-refractivity contribution < 1.29 is 4.74 Å². The van der Waals surface area contributed by atoms with Gasteiger partial charge in [0, 0.05) is 24.0 Å². The molecule has 0 fully saturated rings. The van der Waals surface area contributed by atoms with Crippen LogP contribution in [0.4, 0.5) is 0 Å². The molecule has 0 N–H and O–H groups in total. The Morgan fingerprint density at radius 3 is 2.86 bits per heavy atom. The smallest absolute Gasteiger partial charge is 0.119 e. The van der Waals surface area contributed by atoms with Crippen LogP contribution in [-0.2, 0) is 0 Å². The summed E-state index contributed by atoms with van der Waals surface area (Å²) < 4.78 is 7.18. The van der Waals surface area contributed by atoms with Crippen molar-refractivity contribution in [3.63, 3.8) is 0 Å². The van der Waals surface area contributed by atoms with Crippen LogP contribution >= 0.6 is 0 Å². The van der Waals surface area contributed by atoms with Gasteiger partial charge in [0.15, 0.2) is 0 Å². The Balaban J connectivity index is 1.99. The van der Waals surface area contributed by atoms with E-state index in [1.807, 2.05) is 47.2 Å². The van der Waals surface area contributed by atoms with Gasteiger partial charge in [0.2, 0.25) is 0 Å². The molecule has 0 unspecified atom stereocenters. The molecule has 4 rings (SSSR count). The third-order valence-corrected chi connectivity index (χ3v) is 3.66. The van der Waals surface area contributed by atoms with Crippen molar-refractivity contribution in [3.8, 4) is 16.9 Å². The zero-order chi connectivity index (χ0) is 14.2. The van der Waals surface area contributed by atoms with Crippen LogP contribution in [0.25, 0.3) is 27.5 Å². The predicted molar refractivity (Wildman–Crippen MR) is 82.5 cm³/mol. The molecule has 0 atom stereocenters. The fourth-order valence-electron chi connectivity index (χ4n) is 2.59. The summed E-state index contributed by atoms with van der Waals surface area (Å²) in [7, 11) is 1.68. The first kappa shape index (κ1) is 11.9. The van der Waals surface area contributed by atoms with Crippen LogP contribution in [-0.4, -0.2) is 21.7 Å². The molecule has 0 radical (unpaired) electrons. The molecule has 4 nitrogen and oxygen atoms in total. The molecule has 0 bridgehead atoms. The second kappa shape index (κ2) is 4.59. The predicted octanol–water partition coefficient (Wildman–Crippen LogP) is 3.56. The molecule has 21 heavy (non-hydrogen) atoms. The molecule has 0 spiro atoms. The summed E-state index contributed by atoms with van der Waals surface area (Å²) in [5, 5.41) is 5.31. The molecule has 0 amide bonds. The molecule has 0 saturated carbocycles. The van der Waals surface area contributed by atoms with Crippen LogP contribution in [0.3, 0.4) is 0 Å². The Hall–Kier alpha value is -2.88. The highest BCUT2D eigenvalue weighted by atomic mass is 16.5. The van der Waals surface area contributed by atoms with Crippen LogP contribution in [0.1, 0.15) is 0 Å². The summed E-state index contributed by atoms with van der Waals surface area (Å²) in [6.07, 6.45) is 5.61. The number of fused-ring (bicyclic) bond motifs is 2. The number of ether oxygens (including phenoxy) is 1. The summed E-state index contributed by atoms with van der Waals surface area (Å²) >= 11 is 0. The molecule has 3 aromatic heterocycles. The maximum absolute atomic E-state index is 5.33. The Labute approximate surface area is 121 Å². The Morgan fingerprint density at radius 1 is 1.00 bits per heavy atom. The number of hydrogen-bond acceptors (Lipinski definition) is 3. The molecular formula is C17H13N3O. The lowest BCUT2D eigenvalue weighted by Gasteiger charge is -2.08. The van der Waals surface area contributed by atoms with Crippen LogP contribution in [0.15, 0.2) is 61.1 Å². The lowest BCUT2D eigenvalue weighted by molar-refractivity contribution is 0.415. The summed E-state index contributed by atoms with van der Waals surface area (Å²) in [6.45, 7) is 0. The standard InChI is InChI=1S/C17H13N3O/c1-21-14-2-3-17-16(11-14)15(5-7-18-17)12-6-9-20-13(10-12)4-8-19-20/h2-11H,1H3. The van der Waals surface area contributed by atoms with Crippen LogP contribution < -0.4 is 4.74 Å². The van der Waals surface area contributed by atoms with Gasteiger partial charge in [-0.3, -0.25) is 4.98 Å². The average molecular weight is 275 g/mol. The maximum Gasteiger partial charge on any atom is 0.119 e. The first-order valence-corrected chi connectivity index (χ1v) is 6.72. The normalized spacial score (nSPS) is 11.1. The number of benzene rings is 1. The van der Waals surface area contributed by atoms with Crippen molar-refractivity contribution in [3.05, 3.63) is 61.1 Å². The van der Waals surface area contributed by atoms with Gasteiger partial charge in [0.1, 0.15) is 5.75 Å². The fraction of sp³-hybridized carbons (Fsp3) is 0.0588. The number of aromatic nitrogens is 3. The molecule has 0 aliphatic heterocycles. The van der Waals surface area contributed by atoms with Gasteiger partial charge in [0.25, 0.3) is 0 Å². The van der Waals surface area contributed by atoms with Crippen LogP contribution in [0, 0.1) is 0 Å². The van der Waals surface area contributed by atoms with E-state index in [0.717, 1.165) is 33.3 Å². The maximum atomic E-state index is 5.33. The van der Waals surface area contributed by atoms with Crippen molar-refractivity contribution in [2.24, 2.45) is 0 Å². The number of methoxy groups -OCH3 is 1. The van der Waals surface area contributed by atoms with E-state index in [1.54, 1.807) is 13.3 Å². The molecule has 4 aromatic rings. The molecule has 0 aliphatic rings. The minimum atomic E-state index is 0.835. The summed E-state index contributed by atoms with van der Waals surface area (Å²) in [4.78, 5) is 4.42. The molecule has 0 saturated heterocycles. The lowest BCUT2D eigenvalue weighted by atomic mass is 10.0. The fourth-order valence-corrected chi connectivity index (χ4v) is 2.59. The summed E-state index contributed by atoms with van der Waals surface area (Å²) in [6, 6.07) is 14.2. The van der Waals surface area contributed by atoms with Crippen LogP contribution in [0.5, 0.6) is 5.75 Å². The largest absolute Gasteiger partial charge is 0.497 e. The highest BCUT2D eigenvalue weighted by Crippen LogP contribution is 2.30. The first-order chi connectivity index (χ1) is 10.3. The second-order valence-corrected chi connectivity index (χ2v) is 4.86. The van der Waals surface area contributed by atoms with Crippen molar-refractivity contribution >= 4 is 16.4 Å². The van der Waals surface area contributed by atoms with Gasteiger partial charge in [-0.05, 0) is 53.6 Å². The Morgan fingerprint density at radius 2 is 1.95 bits per heavy atom. The van der Waals surface area contributed by atoms with Gasteiger partial charge in [-0.25, -0.2) is 4.52 Å². The van der Waals surface area contributed by atoms with E-state index in [-0.39, 0.29) is 0 Å². The Kier molecular flexibility index (Phi) is 2.60. The van der Waals surface area contributed by atoms with E-state index < -0.39 is 0 Å². The first-order valence-electron chi connectivity index (χ1n) is 6.72. The number of pyridine rings is 2. The van der Waals surface area contributed by atoms with E-state index in [2.05, 4.69) is 22.2 Å². The van der Waals surface area contributed by atoms with Gasteiger partial charge in [-0.2, -0.15) is 5.10 Å². The molecular weight excluding hydrogens is 262 g/mol. The molecule has 1 aromatic carbocycles. The SMILES string of the molecule is COc1ccc2nccc(-c3ccn4nccc4c3)c2c1. The van der Waals surface area contributed by atoms with Crippen molar-refractivity contribution in [2.45, 2.75) is 0 Å². The zero-order valence-electron chi connectivity index (χ0n) is 11.5. The molecule has 102 valence electrons. The molecule has 3 heterocycles. The van der Waals surface area contributed by atoms with Gasteiger partial charge in [0.05, 0.1) is 18.1 Å². The van der Waals surface area contributed by atoms with Gasteiger partial charge >= 0.3 is 0 Å². The van der Waals surface area contributed by atoms with Crippen molar-refractivity contribution in [1.82, 2.24) is 14.6 Å². The number of hydrogen-bond donors (Lipinski definition) is 0. The quantitative estimate of drug-likeness (QED) is 0.561. The third-order valence-electron chi connectivity index (χ3n) is 3.66. The van der Waals surface area contributed by atoms with E-state index in [0.29, 0.717) is 0 Å². The molecule has 4 heteroatoms. The summed E-state index contributed by atoms with van der Waals surface area (Å²) in [5.41, 5.74) is 4.31. The summed E-state index contributed by atoms with van der Waals surface area (Å²) in [5.74, 6) is 0.835. The average Bonchev–Trinajstić information content (AvgIpc) is 3.01. The van der Waals surface area contributed by atoms with Gasteiger partial charge in [-0.1, -0.05) is 0 Å².